The smallest absolute Gasteiger partial charge is 0.121 e. The van der Waals surface area contributed by atoms with E-state index in [1.165, 1.54) is 0 Å². The molecule has 0 radical (unpaired) electrons. The molecular formula is C6H13NO6. The van der Waals surface area contributed by atoms with Crippen molar-refractivity contribution in [1.82, 2.24) is 0 Å². The van der Waals surface area contributed by atoms with Crippen LogP contribution in [0.4, 0.5) is 0 Å². The van der Waals surface area contributed by atoms with Crippen molar-refractivity contribution in [3.8, 4) is 0 Å². The minimum Gasteiger partial charge on any atom is -0.411 e. The quantitative estimate of drug-likeness (QED) is 0.156. The second-order valence-electron chi connectivity index (χ2n) is 2.49. The molecule has 0 aromatic carbocycles. The molecule has 0 aliphatic heterocycles. The van der Waals surface area contributed by atoms with Crippen molar-refractivity contribution < 1.29 is 30.7 Å². The van der Waals surface area contributed by atoms with Crippen LogP contribution in [0.5, 0.6) is 0 Å². The summed E-state index contributed by atoms with van der Waals surface area (Å²) in [6.45, 7) is -0.749. The maximum absolute atomic E-state index is 9.05. The van der Waals surface area contributed by atoms with E-state index in [2.05, 4.69) is 5.16 Å². The highest BCUT2D eigenvalue weighted by Gasteiger charge is 2.29. The average Bonchev–Trinajstić information content (AvgIpc) is 2.14. The summed E-state index contributed by atoms with van der Waals surface area (Å²) in [5, 5.41) is 54.6. The number of hydrogen-bond acceptors (Lipinski definition) is 7. The monoisotopic (exact) mass is 195 g/mol. The fourth-order valence-corrected chi connectivity index (χ4v) is 0.694. The third-order valence-electron chi connectivity index (χ3n) is 1.50. The Morgan fingerprint density at radius 2 is 1.62 bits per heavy atom. The first kappa shape index (κ1) is 12.3. The first-order valence-corrected chi connectivity index (χ1v) is 3.55. The van der Waals surface area contributed by atoms with Crippen molar-refractivity contribution in [2.24, 2.45) is 5.16 Å². The molecule has 4 atom stereocenters. The van der Waals surface area contributed by atoms with Crippen molar-refractivity contribution >= 4 is 6.21 Å². The van der Waals surface area contributed by atoms with Gasteiger partial charge in [-0.15, -0.1) is 0 Å². The fourth-order valence-electron chi connectivity index (χ4n) is 0.694. The summed E-state index contributed by atoms with van der Waals surface area (Å²) in [5.41, 5.74) is 0. The van der Waals surface area contributed by atoms with Gasteiger partial charge < -0.3 is 30.7 Å². The number of nitrogens with zero attached hydrogens (tertiary/aromatic N) is 1. The standard InChI is InChI=1S/C6H13NO6/c8-2-4(10)6(12)5(11)3(9)1-7-13/h1,3-6,8-13H,2H2/b7-1-/t3-,4+,5-,6+/m0/s1. The average molecular weight is 195 g/mol. The van der Waals surface area contributed by atoms with E-state index in [1.807, 2.05) is 0 Å². The van der Waals surface area contributed by atoms with Gasteiger partial charge in [-0.25, -0.2) is 0 Å². The highest BCUT2D eigenvalue weighted by atomic mass is 16.4. The molecule has 0 aromatic heterocycles. The summed E-state index contributed by atoms with van der Waals surface area (Å²) in [6, 6.07) is 0. The van der Waals surface area contributed by atoms with Crippen molar-refractivity contribution in [3.63, 3.8) is 0 Å². The Labute approximate surface area is 74.2 Å². The number of hydrogen-bond donors (Lipinski definition) is 6. The molecule has 0 bridgehead atoms. The molecule has 0 aliphatic carbocycles. The van der Waals surface area contributed by atoms with Gasteiger partial charge in [-0.3, -0.25) is 0 Å². The predicted octanol–water partition coefficient (Wildman–Crippen LogP) is -3.12. The van der Waals surface area contributed by atoms with Crippen molar-refractivity contribution in [2.45, 2.75) is 24.4 Å². The number of aliphatic hydroxyl groups excluding tert-OH is 5. The van der Waals surface area contributed by atoms with Gasteiger partial charge in [-0.1, -0.05) is 5.16 Å². The molecular weight excluding hydrogens is 182 g/mol. The molecule has 7 heteroatoms. The largest absolute Gasteiger partial charge is 0.411 e. The Morgan fingerprint density at radius 3 is 2.00 bits per heavy atom. The Bertz CT molecular complexity index is 163. The molecule has 0 aliphatic rings. The number of aliphatic hydroxyl groups is 5. The summed E-state index contributed by atoms with van der Waals surface area (Å²) in [4.78, 5) is 0. The van der Waals surface area contributed by atoms with E-state index < -0.39 is 31.0 Å². The zero-order valence-electron chi connectivity index (χ0n) is 6.72. The predicted molar refractivity (Wildman–Crippen MR) is 41.4 cm³/mol. The van der Waals surface area contributed by atoms with E-state index in [1.54, 1.807) is 0 Å². The van der Waals surface area contributed by atoms with E-state index >= 15 is 0 Å². The lowest BCUT2D eigenvalue weighted by molar-refractivity contribution is -0.100. The Morgan fingerprint density at radius 1 is 1.08 bits per heavy atom. The SMILES string of the molecule is OC[C@@H](O)[C@@H](O)[C@@H](O)[C@@H](O)/C=N\O. The first-order valence-electron chi connectivity index (χ1n) is 3.55. The molecule has 0 amide bonds. The van der Waals surface area contributed by atoms with Gasteiger partial charge in [-0.2, -0.15) is 0 Å². The van der Waals surface area contributed by atoms with Gasteiger partial charge in [0, 0.05) is 0 Å². The fraction of sp³-hybridized carbons (Fsp3) is 0.833. The van der Waals surface area contributed by atoms with Crippen LogP contribution >= 0.6 is 0 Å². The Kier molecular flexibility index (Phi) is 5.51. The highest BCUT2D eigenvalue weighted by Crippen LogP contribution is 2.03. The van der Waals surface area contributed by atoms with Gasteiger partial charge in [0.2, 0.25) is 0 Å². The van der Waals surface area contributed by atoms with Gasteiger partial charge in [0.1, 0.15) is 24.4 Å². The van der Waals surface area contributed by atoms with Crippen molar-refractivity contribution in [3.05, 3.63) is 0 Å². The summed E-state index contributed by atoms with van der Waals surface area (Å²) >= 11 is 0. The van der Waals surface area contributed by atoms with Crippen molar-refractivity contribution in [2.75, 3.05) is 6.61 Å². The lowest BCUT2D eigenvalue weighted by Gasteiger charge is -2.23. The van der Waals surface area contributed by atoms with Crippen LogP contribution in [0.15, 0.2) is 5.16 Å². The van der Waals surface area contributed by atoms with Crippen LogP contribution in [-0.4, -0.2) is 68.0 Å². The molecule has 13 heavy (non-hydrogen) atoms. The van der Waals surface area contributed by atoms with Crippen LogP contribution in [0.3, 0.4) is 0 Å². The van der Waals surface area contributed by atoms with Gasteiger partial charge in [-0.05, 0) is 0 Å². The van der Waals surface area contributed by atoms with Crippen LogP contribution in [0.2, 0.25) is 0 Å². The van der Waals surface area contributed by atoms with E-state index in [0.29, 0.717) is 6.21 Å². The topological polar surface area (TPSA) is 134 Å². The minimum absolute atomic E-state index is 0.581. The summed E-state index contributed by atoms with van der Waals surface area (Å²) in [7, 11) is 0. The molecule has 0 heterocycles. The van der Waals surface area contributed by atoms with Crippen LogP contribution in [0.1, 0.15) is 0 Å². The molecule has 0 rings (SSSR count). The summed E-state index contributed by atoms with van der Waals surface area (Å²) in [5.74, 6) is 0. The number of oxime groups is 1. The molecule has 0 fully saturated rings. The van der Waals surface area contributed by atoms with Crippen molar-refractivity contribution in [1.29, 1.82) is 0 Å². The zero-order valence-corrected chi connectivity index (χ0v) is 6.72. The van der Waals surface area contributed by atoms with Gasteiger partial charge in [0.25, 0.3) is 0 Å². The van der Waals surface area contributed by atoms with Crippen LogP contribution in [0.25, 0.3) is 0 Å². The van der Waals surface area contributed by atoms with Crippen LogP contribution in [-0.2, 0) is 0 Å². The molecule has 0 saturated carbocycles. The second kappa shape index (κ2) is 5.84. The van der Waals surface area contributed by atoms with Gasteiger partial charge in [0.15, 0.2) is 0 Å². The van der Waals surface area contributed by atoms with E-state index in [9.17, 15) is 0 Å². The Balaban J connectivity index is 4.15. The van der Waals surface area contributed by atoms with Crippen LogP contribution < -0.4 is 0 Å². The highest BCUT2D eigenvalue weighted by molar-refractivity contribution is 5.62. The maximum atomic E-state index is 9.05. The first-order chi connectivity index (χ1) is 6.04. The van der Waals surface area contributed by atoms with E-state index in [0.717, 1.165) is 0 Å². The van der Waals surface area contributed by atoms with E-state index in [4.69, 9.17) is 30.7 Å². The lowest BCUT2D eigenvalue weighted by Crippen LogP contribution is -2.46. The molecule has 0 saturated heterocycles. The molecule has 6 N–H and O–H groups in total. The third kappa shape index (κ3) is 3.66. The minimum atomic E-state index is -1.72. The Hall–Kier alpha value is -0.730. The molecule has 78 valence electrons. The molecule has 0 unspecified atom stereocenters. The maximum Gasteiger partial charge on any atom is 0.121 e. The summed E-state index contributed by atoms with van der Waals surface area (Å²) < 4.78 is 0. The molecule has 0 spiro atoms. The molecule has 0 aromatic rings. The third-order valence-corrected chi connectivity index (χ3v) is 1.50. The van der Waals surface area contributed by atoms with Gasteiger partial charge >= 0.3 is 0 Å². The normalized spacial score (nSPS) is 21.3. The lowest BCUT2D eigenvalue weighted by atomic mass is 10.0. The van der Waals surface area contributed by atoms with Gasteiger partial charge in [0.05, 0.1) is 12.8 Å². The van der Waals surface area contributed by atoms with E-state index in [-0.39, 0.29) is 0 Å². The molecule has 7 nitrogen and oxygen atoms in total. The van der Waals surface area contributed by atoms with Crippen LogP contribution in [0, 0.1) is 0 Å². The second-order valence-corrected chi connectivity index (χ2v) is 2.49. The zero-order chi connectivity index (χ0) is 10.4. The number of rotatable bonds is 5. The summed E-state index contributed by atoms with van der Waals surface area (Å²) in [6.07, 6.45) is -6.02.